The summed E-state index contributed by atoms with van der Waals surface area (Å²) < 4.78 is 0. The Balaban J connectivity index is 2.26. The molecule has 1 fully saturated rings. The zero-order valence-electron chi connectivity index (χ0n) is 4.02. The van der Waals surface area contributed by atoms with Gasteiger partial charge in [-0.15, -0.1) is 0 Å². The predicted molar refractivity (Wildman–Crippen MR) is 31.2 cm³/mol. The minimum absolute atomic E-state index is 0.208. The summed E-state index contributed by atoms with van der Waals surface area (Å²) in [5, 5.41) is 0.208. The first-order valence-electron chi connectivity index (χ1n) is 2.43. The normalized spacial score (nSPS) is 30.6. The van der Waals surface area contributed by atoms with E-state index in [2.05, 4.69) is 0 Å². The number of carbonyl (C=O) groups excluding carboxylic acids is 1. The Morgan fingerprint density at radius 3 is 2.86 bits per heavy atom. The van der Waals surface area contributed by atoms with Crippen molar-refractivity contribution in [2.45, 2.75) is 18.1 Å². The average molecular weight is 115 g/mol. The Morgan fingerprint density at radius 1 is 1.71 bits per heavy atom. The molecule has 1 aliphatic rings. The summed E-state index contributed by atoms with van der Waals surface area (Å²) in [5.41, 5.74) is 0. The van der Waals surface area contributed by atoms with Crippen LogP contribution in [0.5, 0.6) is 0 Å². The Kier molecular flexibility index (Phi) is 1.74. The molecule has 0 aromatic rings. The molecule has 1 unspecified atom stereocenters. The minimum atomic E-state index is 0.208. The van der Waals surface area contributed by atoms with Crippen molar-refractivity contribution in [3.63, 3.8) is 0 Å². The van der Waals surface area contributed by atoms with E-state index in [0.29, 0.717) is 0 Å². The molecular formula is C5H7OS. The largest absolute Gasteiger partial charge is 0.290 e. The Hall–Kier alpha value is 0.0200. The van der Waals surface area contributed by atoms with Crippen molar-refractivity contribution in [2.24, 2.45) is 0 Å². The van der Waals surface area contributed by atoms with Crippen LogP contribution in [-0.2, 0) is 4.79 Å². The van der Waals surface area contributed by atoms with Crippen LogP contribution in [-0.4, -0.2) is 17.3 Å². The Morgan fingerprint density at radius 2 is 2.57 bits per heavy atom. The molecule has 0 aromatic carbocycles. The molecule has 1 rings (SSSR count). The van der Waals surface area contributed by atoms with Crippen molar-refractivity contribution in [3.05, 3.63) is 0 Å². The predicted octanol–water partition coefficient (Wildman–Crippen LogP) is 0.992. The summed E-state index contributed by atoms with van der Waals surface area (Å²) in [7, 11) is 0. The van der Waals surface area contributed by atoms with E-state index in [1.807, 2.05) is 6.29 Å². The van der Waals surface area contributed by atoms with Gasteiger partial charge in [0.05, 0.1) is 5.25 Å². The fourth-order valence-electron chi connectivity index (χ4n) is 0.671. The standard InChI is InChI=1S/C5H7OS/c6-4-5-2-1-3-7-5/h5H,1-3H2. The maximum atomic E-state index is 9.86. The van der Waals surface area contributed by atoms with Crippen LogP contribution in [0.3, 0.4) is 0 Å². The highest BCUT2D eigenvalue weighted by Crippen LogP contribution is 2.23. The van der Waals surface area contributed by atoms with Gasteiger partial charge in [0.2, 0.25) is 6.29 Å². The van der Waals surface area contributed by atoms with Crippen molar-refractivity contribution < 1.29 is 4.79 Å². The lowest BCUT2D eigenvalue weighted by Crippen LogP contribution is -1.94. The summed E-state index contributed by atoms with van der Waals surface area (Å²) in [6.45, 7) is 0. The summed E-state index contributed by atoms with van der Waals surface area (Å²) in [5.74, 6) is 1.15. The van der Waals surface area contributed by atoms with Crippen LogP contribution in [0, 0.1) is 0 Å². The van der Waals surface area contributed by atoms with E-state index in [9.17, 15) is 4.79 Å². The highest BCUT2D eigenvalue weighted by molar-refractivity contribution is 8.00. The summed E-state index contributed by atoms with van der Waals surface area (Å²) >= 11 is 1.72. The van der Waals surface area contributed by atoms with Crippen LogP contribution in [0.1, 0.15) is 12.8 Å². The summed E-state index contributed by atoms with van der Waals surface area (Å²) in [6.07, 6.45) is 4.23. The quantitative estimate of drug-likeness (QED) is 0.507. The SMILES string of the molecule is O=[C]C1CCCS1. The van der Waals surface area contributed by atoms with E-state index >= 15 is 0 Å². The third-order valence-corrected chi connectivity index (χ3v) is 2.32. The van der Waals surface area contributed by atoms with Gasteiger partial charge in [-0.3, -0.25) is 4.79 Å². The number of hydrogen-bond donors (Lipinski definition) is 0. The van der Waals surface area contributed by atoms with E-state index in [4.69, 9.17) is 0 Å². The first kappa shape index (κ1) is 5.16. The summed E-state index contributed by atoms with van der Waals surface area (Å²) in [6, 6.07) is 0. The van der Waals surface area contributed by atoms with Gasteiger partial charge in [-0.2, -0.15) is 11.8 Å². The van der Waals surface area contributed by atoms with Crippen LogP contribution < -0.4 is 0 Å². The van der Waals surface area contributed by atoms with Gasteiger partial charge < -0.3 is 0 Å². The summed E-state index contributed by atoms with van der Waals surface area (Å²) in [4.78, 5) is 9.86. The van der Waals surface area contributed by atoms with Crippen molar-refractivity contribution in [1.29, 1.82) is 0 Å². The third-order valence-electron chi connectivity index (χ3n) is 1.06. The molecule has 1 nitrogen and oxygen atoms in total. The molecule has 0 N–H and O–H groups in total. The lowest BCUT2D eigenvalue weighted by atomic mass is 10.3. The smallest absolute Gasteiger partial charge is 0.212 e. The average Bonchev–Trinajstić information content (AvgIpc) is 2.14. The molecule has 2 heteroatoms. The highest BCUT2D eigenvalue weighted by Gasteiger charge is 2.13. The van der Waals surface area contributed by atoms with Crippen LogP contribution in [0.15, 0.2) is 0 Å². The topological polar surface area (TPSA) is 17.1 Å². The van der Waals surface area contributed by atoms with Gasteiger partial charge in [-0.1, -0.05) is 0 Å². The molecular weight excluding hydrogens is 108 g/mol. The lowest BCUT2D eigenvalue weighted by Gasteiger charge is -1.88. The molecule has 0 aromatic heterocycles. The van der Waals surface area contributed by atoms with Crippen molar-refractivity contribution in [3.8, 4) is 0 Å². The van der Waals surface area contributed by atoms with E-state index in [1.165, 1.54) is 6.42 Å². The van der Waals surface area contributed by atoms with Crippen LogP contribution >= 0.6 is 11.8 Å². The van der Waals surface area contributed by atoms with Crippen molar-refractivity contribution in [2.75, 3.05) is 5.75 Å². The number of rotatable bonds is 1. The monoisotopic (exact) mass is 115 g/mol. The molecule has 1 atom stereocenters. The maximum Gasteiger partial charge on any atom is 0.212 e. The Bertz CT molecular complexity index is 66.5. The van der Waals surface area contributed by atoms with Crippen molar-refractivity contribution >= 4 is 18.0 Å². The van der Waals surface area contributed by atoms with Gasteiger partial charge in [0.15, 0.2) is 0 Å². The zero-order chi connectivity index (χ0) is 5.11. The first-order valence-corrected chi connectivity index (χ1v) is 3.47. The molecule has 0 saturated carbocycles. The van der Waals surface area contributed by atoms with Gasteiger partial charge in [0.25, 0.3) is 0 Å². The van der Waals surface area contributed by atoms with Gasteiger partial charge in [0.1, 0.15) is 0 Å². The number of thioether (sulfide) groups is 1. The van der Waals surface area contributed by atoms with Gasteiger partial charge in [-0.25, -0.2) is 0 Å². The molecule has 1 heterocycles. The van der Waals surface area contributed by atoms with Gasteiger partial charge in [-0.05, 0) is 18.6 Å². The van der Waals surface area contributed by atoms with Gasteiger partial charge in [0, 0.05) is 0 Å². The molecule has 0 bridgehead atoms. The molecule has 1 saturated heterocycles. The molecule has 7 heavy (non-hydrogen) atoms. The fraction of sp³-hybridized carbons (Fsp3) is 0.800. The molecule has 39 valence electrons. The Labute approximate surface area is 47.5 Å². The second-order valence-corrected chi connectivity index (χ2v) is 2.93. The molecule has 0 aliphatic carbocycles. The van der Waals surface area contributed by atoms with Crippen LogP contribution in [0.4, 0.5) is 0 Å². The molecule has 1 aliphatic heterocycles. The fourth-order valence-corrected chi connectivity index (χ4v) is 1.69. The van der Waals surface area contributed by atoms with Crippen LogP contribution in [0.25, 0.3) is 0 Å². The van der Waals surface area contributed by atoms with E-state index in [-0.39, 0.29) is 5.25 Å². The van der Waals surface area contributed by atoms with E-state index < -0.39 is 0 Å². The molecule has 0 spiro atoms. The lowest BCUT2D eigenvalue weighted by molar-refractivity contribution is 0.551. The van der Waals surface area contributed by atoms with Crippen LogP contribution in [0.2, 0.25) is 0 Å². The second kappa shape index (κ2) is 2.36. The van der Waals surface area contributed by atoms with Gasteiger partial charge >= 0.3 is 0 Å². The molecule has 0 amide bonds. The number of hydrogen-bond acceptors (Lipinski definition) is 2. The maximum absolute atomic E-state index is 9.86. The zero-order valence-corrected chi connectivity index (χ0v) is 4.83. The first-order chi connectivity index (χ1) is 3.43. The molecule has 1 radical (unpaired) electrons. The minimum Gasteiger partial charge on any atom is -0.290 e. The van der Waals surface area contributed by atoms with E-state index in [1.54, 1.807) is 11.8 Å². The second-order valence-electron chi connectivity index (χ2n) is 1.62. The van der Waals surface area contributed by atoms with Crippen molar-refractivity contribution in [1.82, 2.24) is 0 Å². The van der Waals surface area contributed by atoms with E-state index in [0.717, 1.165) is 12.2 Å². The highest BCUT2D eigenvalue weighted by atomic mass is 32.2. The third kappa shape index (κ3) is 1.20.